The highest BCUT2D eigenvalue weighted by atomic mass is 19.1. The second-order valence-electron chi connectivity index (χ2n) is 5.99. The van der Waals surface area contributed by atoms with E-state index in [1.165, 1.54) is 12.1 Å². The molecule has 1 saturated heterocycles. The number of amides is 3. The van der Waals surface area contributed by atoms with Gasteiger partial charge in [-0.05, 0) is 37.1 Å². The molecule has 1 heterocycles. The zero-order valence-corrected chi connectivity index (χ0v) is 13.9. The fourth-order valence-corrected chi connectivity index (χ4v) is 2.63. The van der Waals surface area contributed by atoms with Gasteiger partial charge in [0.05, 0.1) is 0 Å². The lowest BCUT2D eigenvalue weighted by Crippen LogP contribution is -2.52. The standard InChI is InChI=1S/C17H25FN4O2/c1-2-3-15(16(23)21-14-8-9-19-11-14)22-17(24)20-10-12-4-6-13(18)7-5-12/h4-7,14-15,19H,2-3,8-11H2,1H3,(H,21,23)(H2,20,22,24). The molecule has 7 heteroatoms. The van der Waals surface area contributed by atoms with E-state index in [2.05, 4.69) is 21.3 Å². The molecule has 1 fully saturated rings. The monoisotopic (exact) mass is 336 g/mol. The molecule has 1 aromatic rings. The summed E-state index contributed by atoms with van der Waals surface area (Å²) in [7, 11) is 0. The molecule has 0 saturated carbocycles. The lowest BCUT2D eigenvalue weighted by atomic mass is 10.1. The van der Waals surface area contributed by atoms with Crippen LogP contribution < -0.4 is 21.3 Å². The van der Waals surface area contributed by atoms with Gasteiger partial charge in [0.2, 0.25) is 5.91 Å². The van der Waals surface area contributed by atoms with Gasteiger partial charge in [-0.3, -0.25) is 4.79 Å². The molecule has 6 nitrogen and oxygen atoms in total. The quantitative estimate of drug-likeness (QED) is 0.605. The number of rotatable bonds is 7. The summed E-state index contributed by atoms with van der Waals surface area (Å²) in [6, 6.07) is 5.08. The van der Waals surface area contributed by atoms with Crippen molar-refractivity contribution in [3.05, 3.63) is 35.6 Å². The summed E-state index contributed by atoms with van der Waals surface area (Å²) in [5.74, 6) is -0.466. The molecule has 3 amide bonds. The van der Waals surface area contributed by atoms with Gasteiger partial charge in [-0.2, -0.15) is 0 Å². The average molecular weight is 336 g/mol. The third-order valence-corrected chi connectivity index (χ3v) is 3.97. The first kappa shape index (κ1) is 18.2. The Hall–Kier alpha value is -2.15. The maximum atomic E-state index is 12.8. The van der Waals surface area contributed by atoms with Crippen molar-refractivity contribution in [2.45, 2.75) is 44.8 Å². The topological polar surface area (TPSA) is 82.3 Å². The van der Waals surface area contributed by atoms with Crippen LogP contribution in [0.15, 0.2) is 24.3 Å². The molecule has 4 N–H and O–H groups in total. The number of hydrogen-bond acceptors (Lipinski definition) is 3. The number of nitrogens with one attached hydrogen (secondary N) is 4. The molecule has 0 spiro atoms. The van der Waals surface area contributed by atoms with Crippen LogP contribution in [-0.2, 0) is 11.3 Å². The summed E-state index contributed by atoms with van der Waals surface area (Å²) < 4.78 is 12.8. The Bertz CT molecular complexity index is 544. The maximum Gasteiger partial charge on any atom is 0.315 e. The van der Waals surface area contributed by atoms with Crippen molar-refractivity contribution < 1.29 is 14.0 Å². The van der Waals surface area contributed by atoms with Crippen LogP contribution in [0.25, 0.3) is 0 Å². The lowest BCUT2D eigenvalue weighted by molar-refractivity contribution is -0.123. The van der Waals surface area contributed by atoms with Gasteiger partial charge in [-0.25, -0.2) is 9.18 Å². The zero-order chi connectivity index (χ0) is 17.4. The molecule has 2 atom stereocenters. The molecule has 132 valence electrons. The van der Waals surface area contributed by atoms with Gasteiger partial charge in [0, 0.05) is 19.1 Å². The third-order valence-electron chi connectivity index (χ3n) is 3.97. The summed E-state index contributed by atoms with van der Waals surface area (Å²) in [6.45, 7) is 3.91. The highest BCUT2D eigenvalue weighted by Crippen LogP contribution is 2.03. The molecule has 0 aromatic heterocycles. The van der Waals surface area contributed by atoms with E-state index in [1.54, 1.807) is 12.1 Å². The number of benzene rings is 1. The molecule has 0 aliphatic carbocycles. The SMILES string of the molecule is CCCC(NC(=O)NCc1ccc(F)cc1)C(=O)NC1CCNC1. The summed E-state index contributed by atoms with van der Waals surface area (Å²) in [6.07, 6.45) is 2.27. The Morgan fingerprint density at radius 1 is 1.33 bits per heavy atom. The van der Waals surface area contributed by atoms with Crippen LogP contribution in [0.4, 0.5) is 9.18 Å². The minimum Gasteiger partial charge on any atom is -0.350 e. The largest absolute Gasteiger partial charge is 0.350 e. The van der Waals surface area contributed by atoms with Gasteiger partial charge >= 0.3 is 6.03 Å². The summed E-state index contributed by atoms with van der Waals surface area (Å²) >= 11 is 0. The predicted molar refractivity (Wildman–Crippen MR) is 89.9 cm³/mol. The van der Waals surface area contributed by atoms with E-state index in [-0.39, 0.29) is 24.3 Å². The number of carbonyl (C=O) groups is 2. The van der Waals surface area contributed by atoms with Crippen molar-refractivity contribution in [3.8, 4) is 0 Å². The highest BCUT2D eigenvalue weighted by molar-refractivity contribution is 5.87. The van der Waals surface area contributed by atoms with Crippen molar-refractivity contribution in [1.82, 2.24) is 21.3 Å². The Labute approximate surface area is 141 Å². The average Bonchev–Trinajstić information content (AvgIpc) is 3.07. The van der Waals surface area contributed by atoms with E-state index < -0.39 is 12.1 Å². The molecule has 24 heavy (non-hydrogen) atoms. The van der Waals surface area contributed by atoms with Crippen molar-refractivity contribution >= 4 is 11.9 Å². The number of urea groups is 1. The van der Waals surface area contributed by atoms with Crippen LogP contribution in [0.3, 0.4) is 0 Å². The number of carbonyl (C=O) groups excluding carboxylic acids is 2. The van der Waals surface area contributed by atoms with Gasteiger partial charge in [0.15, 0.2) is 0 Å². The number of halogens is 1. The highest BCUT2D eigenvalue weighted by Gasteiger charge is 2.24. The van der Waals surface area contributed by atoms with E-state index in [0.717, 1.165) is 31.5 Å². The molecule has 2 rings (SSSR count). The van der Waals surface area contributed by atoms with Crippen LogP contribution >= 0.6 is 0 Å². The normalized spacial score (nSPS) is 18.0. The van der Waals surface area contributed by atoms with Gasteiger partial charge < -0.3 is 21.3 Å². The first-order chi connectivity index (χ1) is 11.6. The third kappa shape index (κ3) is 5.81. The summed E-state index contributed by atoms with van der Waals surface area (Å²) in [5, 5.41) is 11.6. The van der Waals surface area contributed by atoms with Gasteiger partial charge in [-0.15, -0.1) is 0 Å². The fraction of sp³-hybridized carbons (Fsp3) is 0.529. The van der Waals surface area contributed by atoms with Crippen LogP contribution in [-0.4, -0.2) is 37.1 Å². The number of hydrogen-bond donors (Lipinski definition) is 4. The first-order valence-corrected chi connectivity index (χ1v) is 8.38. The second-order valence-corrected chi connectivity index (χ2v) is 5.99. The van der Waals surface area contributed by atoms with Crippen LogP contribution in [0, 0.1) is 5.82 Å². The van der Waals surface area contributed by atoms with E-state index in [9.17, 15) is 14.0 Å². The fourth-order valence-electron chi connectivity index (χ4n) is 2.63. The van der Waals surface area contributed by atoms with Crippen molar-refractivity contribution in [3.63, 3.8) is 0 Å². The minimum absolute atomic E-state index is 0.126. The first-order valence-electron chi connectivity index (χ1n) is 8.38. The van der Waals surface area contributed by atoms with E-state index >= 15 is 0 Å². The Kier molecular flexibility index (Phi) is 6.99. The minimum atomic E-state index is -0.552. The van der Waals surface area contributed by atoms with Gasteiger partial charge in [-0.1, -0.05) is 25.5 Å². The molecule has 0 radical (unpaired) electrons. The Morgan fingerprint density at radius 3 is 2.71 bits per heavy atom. The van der Waals surface area contributed by atoms with Crippen LogP contribution in [0.5, 0.6) is 0 Å². The lowest BCUT2D eigenvalue weighted by Gasteiger charge is -2.20. The van der Waals surface area contributed by atoms with Crippen molar-refractivity contribution in [1.29, 1.82) is 0 Å². The molecular weight excluding hydrogens is 311 g/mol. The predicted octanol–water partition coefficient (Wildman–Crippen LogP) is 1.27. The molecule has 2 unspecified atom stereocenters. The van der Waals surface area contributed by atoms with Crippen molar-refractivity contribution in [2.24, 2.45) is 0 Å². The van der Waals surface area contributed by atoms with E-state index in [0.29, 0.717) is 6.42 Å². The smallest absolute Gasteiger partial charge is 0.315 e. The molecule has 1 aromatic carbocycles. The van der Waals surface area contributed by atoms with Crippen molar-refractivity contribution in [2.75, 3.05) is 13.1 Å². The second kappa shape index (κ2) is 9.22. The van der Waals surface area contributed by atoms with E-state index in [4.69, 9.17) is 0 Å². The Balaban J connectivity index is 1.80. The molecule has 1 aliphatic rings. The van der Waals surface area contributed by atoms with Gasteiger partial charge in [0.25, 0.3) is 0 Å². The van der Waals surface area contributed by atoms with Crippen LogP contribution in [0.1, 0.15) is 31.7 Å². The maximum absolute atomic E-state index is 12.8. The van der Waals surface area contributed by atoms with Gasteiger partial charge in [0.1, 0.15) is 11.9 Å². The summed E-state index contributed by atoms with van der Waals surface area (Å²) in [4.78, 5) is 24.3. The summed E-state index contributed by atoms with van der Waals surface area (Å²) in [5.41, 5.74) is 0.792. The molecule has 0 bridgehead atoms. The molecule has 1 aliphatic heterocycles. The van der Waals surface area contributed by atoms with Crippen LogP contribution in [0.2, 0.25) is 0 Å². The molecular formula is C17H25FN4O2. The van der Waals surface area contributed by atoms with E-state index in [1.807, 2.05) is 6.92 Å². The zero-order valence-electron chi connectivity index (χ0n) is 13.9. The Morgan fingerprint density at radius 2 is 2.08 bits per heavy atom.